The highest BCUT2D eigenvalue weighted by molar-refractivity contribution is 5.56. The number of hydrogen-bond donors (Lipinski definition) is 2. The molecule has 0 fully saturated rings. The van der Waals surface area contributed by atoms with Crippen molar-refractivity contribution in [1.82, 2.24) is 14.6 Å². The molecule has 0 radical (unpaired) electrons. The van der Waals surface area contributed by atoms with Crippen LogP contribution in [0.15, 0.2) is 6.07 Å². The molecule has 0 unspecified atom stereocenters. The summed E-state index contributed by atoms with van der Waals surface area (Å²) >= 11 is 0. The molecule has 2 rings (SSSR count). The van der Waals surface area contributed by atoms with Crippen molar-refractivity contribution in [2.45, 2.75) is 46.5 Å². The third-order valence-corrected chi connectivity index (χ3v) is 3.52. The van der Waals surface area contributed by atoms with Gasteiger partial charge in [-0.2, -0.15) is 9.61 Å². The van der Waals surface area contributed by atoms with Gasteiger partial charge in [-0.15, -0.1) is 0 Å². The van der Waals surface area contributed by atoms with Crippen LogP contribution in [0, 0.1) is 13.8 Å². The summed E-state index contributed by atoms with van der Waals surface area (Å²) in [6.45, 7) is 12.1. The van der Waals surface area contributed by atoms with E-state index in [-0.39, 0.29) is 5.41 Å². The Morgan fingerprint density at radius 2 is 2.00 bits per heavy atom. The zero-order valence-corrected chi connectivity index (χ0v) is 13.1. The molecule has 2 heterocycles. The molecular weight excluding hydrogens is 250 g/mol. The molecule has 20 heavy (non-hydrogen) atoms. The lowest BCUT2D eigenvalue weighted by molar-refractivity contribution is 0.563. The lowest BCUT2D eigenvalue weighted by Gasteiger charge is -2.14. The SMILES string of the molecule is Cc1nc2cc(C(C)(C)C)nn2c(NCCCN)c1C. The number of nitrogens with two attached hydrogens (primary N) is 1. The van der Waals surface area contributed by atoms with Crippen LogP contribution in [-0.4, -0.2) is 27.7 Å². The lowest BCUT2D eigenvalue weighted by atomic mass is 9.93. The van der Waals surface area contributed by atoms with Crippen LogP contribution in [0.4, 0.5) is 5.82 Å². The standard InChI is InChI=1S/C15H25N5/c1-10-11(2)18-13-9-12(15(3,4)5)19-20(13)14(10)17-8-6-7-16/h9,17H,6-8,16H2,1-5H3. The van der Waals surface area contributed by atoms with Gasteiger partial charge in [0.2, 0.25) is 0 Å². The Hall–Kier alpha value is -1.62. The topological polar surface area (TPSA) is 68.2 Å². The smallest absolute Gasteiger partial charge is 0.157 e. The summed E-state index contributed by atoms with van der Waals surface area (Å²) in [4.78, 5) is 4.63. The molecule has 2 aromatic heterocycles. The van der Waals surface area contributed by atoms with Crippen LogP contribution in [0.25, 0.3) is 5.65 Å². The van der Waals surface area contributed by atoms with E-state index < -0.39 is 0 Å². The molecule has 0 aliphatic carbocycles. The van der Waals surface area contributed by atoms with E-state index >= 15 is 0 Å². The maximum Gasteiger partial charge on any atom is 0.157 e. The first-order valence-corrected chi connectivity index (χ1v) is 7.16. The Morgan fingerprint density at radius 3 is 2.60 bits per heavy atom. The normalized spacial score (nSPS) is 12.1. The number of aromatic nitrogens is 3. The molecule has 0 aliphatic rings. The molecule has 0 spiro atoms. The molecule has 3 N–H and O–H groups in total. The first-order chi connectivity index (χ1) is 9.34. The zero-order valence-electron chi connectivity index (χ0n) is 13.1. The van der Waals surface area contributed by atoms with Gasteiger partial charge in [-0.1, -0.05) is 20.8 Å². The van der Waals surface area contributed by atoms with Gasteiger partial charge in [-0.3, -0.25) is 0 Å². The van der Waals surface area contributed by atoms with Crippen molar-refractivity contribution in [1.29, 1.82) is 0 Å². The van der Waals surface area contributed by atoms with E-state index in [4.69, 9.17) is 10.8 Å². The molecule has 5 nitrogen and oxygen atoms in total. The predicted octanol–water partition coefficient (Wildman–Crippen LogP) is 2.40. The molecule has 0 saturated heterocycles. The van der Waals surface area contributed by atoms with Crippen molar-refractivity contribution in [2.24, 2.45) is 5.73 Å². The third-order valence-electron chi connectivity index (χ3n) is 3.52. The first kappa shape index (κ1) is 14.8. The number of hydrogen-bond acceptors (Lipinski definition) is 4. The van der Waals surface area contributed by atoms with Crippen molar-refractivity contribution in [2.75, 3.05) is 18.4 Å². The summed E-state index contributed by atoms with van der Waals surface area (Å²) in [6, 6.07) is 2.07. The molecule has 110 valence electrons. The molecule has 0 amide bonds. The Morgan fingerprint density at radius 1 is 1.30 bits per heavy atom. The maximum absolute atomic E-state index is 5.56. The fraction of sp³-hybridized carbons (Fsp3) is 0.600. The van der Waals surface area contributed by atoms with E-state index in [1.165, 1.54) is 0 Å². The van der Waals surface area contributed by atoms with Crippen LogP contribution in [0.1, 0.15) is 44.1 Å². The van der Waals surface area contributed by atoms with E-state index in [0.29, 0.717) is 6.54 Å². The second-order valence-electron chi connectivity index (χ2n) is 6.29. The summed E-state index contributed by atoms with van der Waals surface area (Å²) in [5.74, 6) is 1.02. The van der Waals surface area contributed by atoms with E-state index in [1.54, 1.807) is 0 Å². The van der Waals surface area contributed by atoms with Crippen molar-refractivity contribution in [3.8, 4) is 0 Å². The maximum atomic E-state index is 5.56. The molecule has 0 bridgehead atoms. The second-order valence-corrected chi connectivity index (χ2v) is 6.29. The quantitative estimate of drug-likeness (QED) is 0.841. The Labute approximate surface area is 120 Å². The van der Waals surface area contributed by atoms with E-state index in [0.717, 1.165) is 41.4 Å². The Bertz CT molecular complexity index is 607. The van der Waals surface area contributed by atoms with Gasteiger partial charge in [0, 0.05) is 29.3 Å². The van der Waals surface area contributed by atoms with E-state index in [1.807, 2.05) is 11.4 Å². The number of nitrogens with zero attached hydrogens (tertiary/aromatic N) is 3. The molecule has 0 saturated carbocycles. The summed E-state index contributed by atoms with van der Waals surface area (Å²) in [5, 5.41) is 8.17. The molecule has 2 aromatic rings. The van der Waals surface area contributed by atoms with Crippen LogP contribution in [0.2, 0.25) is 0 Å². The van der Waals surface area contributed by atoms with Gasteiger partial charge in [-0.25, -0.2) is 4.98 Å². The van der Waals surface area contributed by atoms with Crippen LogP contribution in [-0.2, 0) is 5.41 Å². The lowest BCUT2D eigenvalue weighted by Crippen LogP contribution is -2.15. The van der Waals surface area contributed by atoms with Gasteiger partial charge >= 0.3 is 0 Å². The van der Waals surface area contributed by atoms with Crippen molar-refractivity contribution >= 4 is 11.5 Å². The minimum Gasteiger partial charge on any atom is -0.370 e. The summed E-state index contributed by atoms with van der Waals surface area (Å²) < 4.78 is 1.92. The third kappa shape index (κ3) is 2.77. The molecule has 0 aromatic carbocycles. The zero-order chi connectivity index (χ0) is 14.9. The number of rotatable bonds is 4. The Kier molecular flexibility index (Phi) is 3.99. The molecule has 0 aliphatic heterocycles. The molecular formula is C15H25N5. The van der Waals surface area contributed by atoms with E-state index in [2.05, 4.69) is 44.1 Å². The monoisotopic (exact) mass is 275 g/mol. The van der Waals surface area contributed by atoms with Crippen molar-refractivity contribution < 1.29 is 0 Å². The van der Waals surface area contributed by atoms with Gasteiger partial charge in [0.05, 0.1) is 5.69 Å². The van der Waals surface area contributed by atoms with Gasteiger partial charge < -0.3 is 11.1 Å². The average Bonchev–Trinajstić information content (AvgIpc) is 2.77. The number of anilines is 1. The summed E-state index contributed by atoms with van der Waals surface area (Å²) in [7, 11) is 0. The highest BCUT2D eigenvalue weighted by atomic mass is 15.3. The summed E-state index contributed by atoms with van der Waals surface area (Å²) in [5.41, 5.74) is 9.70. The first-order valence-electron chi connectivity index (χ1n) is 7.16. The number of aryl methyl sites for hydroxylation is 1. The highest BCUT2D eigenvalue weighted by Gasteiger charge is 2.20. The van der Waals surface area contributed by atoms with Crippen molar-refractivity contribution in [3.05, 3.63) is 23.0 Å². The van der Waals surface area contributed by atoms with Crippen molar-refractivity contribution in [3.63, 3.8) is 0 Å². The van der Waals surface area contributed by atoms with Gasteiger partial charge in [0.1, 0.15) is 5.82 Å². The number of fused-ring (bicyclic) bond motifs is 1. The summed E-state index contributed by atoms with van der Waals surface area (Å²) in [6.07, 6.45) is 0.940. The van der Waals surface area contributed by atoms with Crippen LogP contribution >= 0.6 is 0 Å². The number of nitrogens with one attached hydrogen (secondary N) is 1. The largest absolute Gasteiger partial charge is 0.370 e. The van der Waals surface area contributed by atoms with Gasteiger partial charge in [0.25, 0.3) is 0 Å². The van der Waals surface area contributed by atoms with Gasteiger partial charge in [-0.05, 0) is 26.8 Å². The van der Waals surface area contributed by atoms with Crippen LogP contribution in [0.3, 0.4) is 0 Å². The average molecular weight is 275 g/mol. The fourth-order valence-electron chi connectivity index (χ4n) is 2.08. The second kappa shape index (κ2) is 5.40. The minimum atomic E-state index is 0.0179. The molecule has 0 atom stereocenters. The van der Waals surface area contributed by atoms with E-state index in [9.17, 15) is 0 Å². The Balaban J connectivity index is 2.52. The van der Waals surface area contributed by atoms with Crippen LogP contribution < -0.4 is 11.1 Å². The fourth-order valence-corrected chi connectivity index (χ4v) is 2.08. The molecule has 5 heteroatoms. The minimum absolute atomic E-state index is 0.0179. The highest BCUT2D eigenvalue weighted by Crippen LogP contribution is 2.25. The van der Waals surface area contributed by atoms with Gasteiger partial charge in [0.15, 0.2) is 5.65 Å². The predicted molar refractivity (Wildman–Crippen MR) is 83.3 cm³/mol. The van der Waals surface area contributed by atoms with Crippen LogP contribution in [0.5, 0.6) is 0 Å².